The zero-order chi connectivity index (χ0) is 13.2. The predicted molar refractivity (Wildman–Crippen MR) is 71.7 cm³/mol. The van der Waals surface area contributed by atoms with Crippen LogP contribution in [-0.4, -0.2) is 59.6 Å². The van der Waals surface area contributed by atoms with Crippen molar-refractivity contribution < 1.29 is 9.90 Å². The summed E-state index contributed by atoms with van der Waals surface area (Å²) in [5.74, 6) is -0.678. The fraction of sp³-hybridized carbons (Fsp3) is 0.929. The standard InChI is InChI=1S/C14H26N2O2/c1-14(2,13(17)18)6-4-7-15-9-10-16-8-3-5-12(16)11-15/h12H,3-11H2,1-2H3,(H,17,18). The molecule has 0 aliphatic carbocycles. The number of fused-ring (bicyclic) bond motifs is 1. The number of carbonyl (C=O) groups is 1. The molecule has 0 aromatic heterocycles. The topological polar surface area (TPSA) is 43.8 Å². The van der Waals surface area contributed by atoms with Gasteiger partial charge in [-0.25, -0.2) is 0 Å². The van der Waals surface area contributed by atoms with Crippen molar-refractivity contribution in [3.8, 4) is 0 Å². The Hall–Kier alpha value is -0.610. The molecular weight excluding hydrogens is 228 g/mol. The Kier molecular flexibility index (Phi) is 4.28. The second-order valence-corrected chi connectivity index (χ2v) is 6.43. The largest absolute Gasteiger partial charge is 0.481 e. The minimum atomic E-state index is -0.678. The van der Waals surface area contributed by atoms with Crippen LogP contribution in [0.4, 0.5) is 0 Å². The van der Waals surface area contributed by atoms with Gasteiger partial charge in [0.15, 0.2) is 0 Å². The summed E-state index contributed by atoms with van der Waals surface area (Å²) < 4.78 is 0. The van der Waals surface area contributed by atoms with Crippen LogP contribution in [0.15, 0.2) is 0 Å². The Morgan fingerprint density at radius 2 is 2.11 bits per heavy atom. The summed E-state index contributed by atoms with van der Waals surface area (Å²) in [7, 11) is 0. The van der Waals surface area contributed by atoms with E-state index < -0.39 is 11.4 Å². The number of hydrogen-bond donors (Lipinski definition) is 1. The molecule has 0 saturated carbocycles. The first kappa shape index (κ1) is 13.8. The van der Waals surface area contributed by atoms with Gasteiger partial charge in [0, 0.05) is 25.7 Å². The maximum atomic E-state index is 11.0. The Labute approximate surface area is 110 Å². The first-order valence-corrected chi connectivity index (χ1v) is 7.19. The zero-order valence-corrected chi connectivity index (χ0v) is 11.7. The molecule has 0 aromatic rings. The molecule has 0 radical (unpaired) electrons. The molecular formula is C14H26N2O2. The van der Waals surface area contributed by atoms with Crippen LogP contribution in [0.1, 0.15) is 39.5 Å². The van der Waals surface area contributed by atoms with Crippen molar-refractivity contribution in [1.29, 1.82) is 0 Å². The molecule has 0 aromatic carbocycles. The lowest BCUT2D eigenvalue weighted by molar-refractivity contribution is -0.147. The van der Waals surface area contributed by atoms with E-state index in [1.54, 1.807) is 0 Å². The summed E-state index contributed by atoms with van der Waals surface area (Å²) in [4.78, 5) is 16.2. The number of hydrogen-bond acceptors (Lipinski definition) is 3. The number of carboxylic acids is 1. The molecule has 1 unspecified atom stereocenters. The van der Waals surface area contributed by atoms with Gasteiger partial charge in [-0.2, -0.15) is 0 Å². The van der Waals surface area contributed by atoms with Crippen LogP contribution in [0.25, 0.3) is 0 Å². The molecule has 2 aliphatic heterocycles. The Morgan fingerprint density at radius 1 is 1.33 bits per heavy atom. The van der Waals surface area contributed by atoms with E-state index in [0.29, 0.717) is 0 Å². The van der Waals surface area contributed by atoms with E-state index in [0.717, 1.165) is 32.0 Å². The summed E-state index contributed by atoms with van der Waals surface area (Å²) in [5, 5.41) is 9.08. The van der Waals surface area contributed by atoms with E-state index in [2.05, 4.69) is 9.80 Å². The molecule has 18 heavy (non-hydrogen) atoms. The minimum Gasteiger partial charge on any atom is -0.481 e. The van der Waals surface area contributed by atoms with Gasteiger partial charge in [0.25, 0.3) is 0 Å². The Balaban J connectivity index is 1.70. The predicted octanol–water partition coefficient (Wildman–Crippen LogP) is 1.66. The van der Waals surface area contributed by atoms with Gasteiger partial charge in [-0.05, 0) is 52.6 Å². The van der Waals surface area contributed by atoms with Crippen molar-refractivity contribution in [1.82, 2.24) is 9.80 Å². The van der Waals surface area contributed by atoms with Crippen molar-refractivity contribution in [2.75, 3.05) is 32.7 Å². The monoisotopic (exact) mass is 254 g/mol. The molecule has 2 aliphatic rings. The highest BCUT2D eigenvalue weighted by Gasteiger charge is 2.31. The third-order valence-corrected chi connectivity index (χ3v) is 4.53. The molecule has 0 bridgehead atoms. The highest BCUT2D eigenvalue weighted by molar-refractivity contribution is 5.73. The van der Waals surface area contributed by atoms with Crippen LogP contribution in [0.3, 0.4) is 0 Å². The molecule has 1 atom stereocenters. The molecule has 4 heteroatoms. The van der Waals surface area contributed by atoms with Crippen molar-refractivity contribution in [3.05, 3.63) is 0 Å². The summed E-state index contributed by atoms with van der Waals surface area (Å²) >= 11 is 0. The number of nitrogens with zero attached hydrogens (tertiary/aromatic N) is 2. The highest BCUT2D eigenvalue weighted by atomic mass is 16.4. The maximum absolute atomic E-state index is 11.0. The first-order valence-electron chi connectivity index (χ1n) is 7.19. The summed E-state index contributed by atoms with van der Waals surface area (Å²) in [6, 6.07) is 0.770. The van der Waals surface area contributed by atoms with Crippen molar-refractivity contribution in [3.63, 3.8) is 0 Å². The van der Waals surface area contributed by atoms with Gasteiger partial charge in [-0.1, -0.05) is 0 Å². The van der Waals surface area contributed by atoms with Gasteiger partial charge < -0.3 is 10.0 Å². The van der Waals surface area contributed by atoms with E-state index in [9.17, 15) is 4.79 Å². The van der Waals surface area contributed by atoms with E-state index in [1.807, 2.05) is 13.8 Å². The van der Waals surface area contributed by atoms with Gasteiger partial charge >= 0.3 is 5.97 Å². The lowest BCUT2D eigenvalue weighted by atomic mass is 9.88. The van der Waals surface area contributed by atoms with Crippen LogP contribution in [-0.2, 0) is 4.79 Å². The van der Waals surface area contributed by atoms with Crippen molar-refractivity contribution in [2.24, 2.45) is 5.41 Å². The Morgan fingerprint density at radius 3 is 2.83 bits per heavy atom. The van der Waals surface area contributed by atoms with Crippen LogP contribution in [0, 0.1) is 5.41 Å². The smallest absolute Gasteiger partial charge is 0.309 e. The van der Waals surface area contributed by atoms with E-state index in [-0.39, 0.29) is 0 Å². The summed E-state index contributed by atoms with van der Waals surface area (Å²) in [6.07, 6.45) is 4.46. The van der Waals surface area contributed by atoms with Crippen molar-refractivity contribution >= 4 is 5.97 Å². The second kappa shape index (κ2) is 5.57. The quantitative estimate of drug-likeness (QED) is 0.810. The van der Waals surface area contributed by atoms with Crippen LogP contribution in [0.2, 0.25) is 0 Å². The van der Waals surface area contributed by atoms with Crippen LogP contribution in [0.5, 0.6) is 0 Å². The third-order valence-electron chi connectivity index (χ3n) is 4.53. The normalized spacial score (nSPS) is 26.2. The zero-order valence-electron chi connectivity index (χ0n) is 11.7. The fourth-order valence-corrected chi connectivity index (χ4v) is 3.11. The van der Waals surface area contributed by atoms with Crippen molar-refractivity contribution in [2.45, 2.75) is 45.6 Å². The summed E-state index contributed by atoms with van der Waals surface area (Å²) in [6.45, 7) is 9.53. The molecule has 4 nitrogen and oxygen atoms in total. The average molecular weight is 254 g/mol. The number of aliphatic carboxylic acids is 1. The molecule has 0 spiro atoms. The van der Waals surface area contributed by atoms with Gasteiger partial charge in [0.05, 0.1) is 5.41 Å². The number of piperazine rings is 1. The van der Waals surface area contributed by atoms with Crippen LogP contribution >= 0.6 is 0 Å². The molecule has 1 N–H and O–H groups in total. The first-order chi connectivity index (χ1) is 8.49. The number of rotatable bonds is 5. The minimum absolute atomic E-state index is 0.574. The van der Waals surface area contributed by atoms with Gasteiger partial charge in [-0.3, -0.25) is 9.69 Å². The molecule has 2 saturated heterocycles. The number of carboxylic acid groups (broad SMARTS) is 1. The maximum Gasteiger partial charge on any atom is 0.309 e. The van der Waals surface area contributed by atoms with Gasteiger partial charge in [-0.15, -0.1) is 0 Å². The lowest BCUT2D eigenvalue weighted by Gasteiger charge is -2.37. The molecule has 2 heterocycles. The van der Waals surface area contributed by atoms with Gasteiger partial charge in [0.2, 0.25) is 0 Å². The molecule has 104 valence electrons. The Bertz CT molecular complexity index is 304. The van der Waals surface area contributed by atoms with Crippen LogP contribution < -0.4 is 0 Å². The molecule has 2 rings (SSSR count). The molecule has 2 fully saturated rings. The lowest BCUT2D eigenvalue weighted by Crippen LogP contribution is -2.50. The van der Waals surface area contributed by atoms with E-state index in [4.69, 9.17) is 5.11 Å². The highest BCUT2D eigenvalue weighted by Crippen LogP contribution is 2.24. The summed E-state index contributed by atoms with van der Waals surface area (Å²) in [5.41, 5.74) is -0.574. The fourth-order valence-electron chi connectivity index (χ4n) is 3.11. The average Bonchev–Trinajstić information content (AvgIpc) is 2.75. The van der Waals surface area contributed by atoms with E-state index >= 15 is 0 Å². The third kappa shape index (κ3) is 3.23. The molecule has 0 amide bonds. The van der Waals surface area contributed by atoms with Gasteiger partial charge in [0.1, 0.15) is 0 Å². The van der Waals surface area contributed by atoms with E-state index in [1.165, 1.54) is 32.5 Å². The SMILES string of the molecule is CC(C)(CCCN1CCN2CCCC2C1)C(=O)O. The second-order valence-electron chi connectivity index (χ2n) is 6.43.